The molecule has 0 bridgehead atoms. The fraction of sp³-hybridized carbons (Fsp3) is 0.308. The number of hydrogen-bond donors (Lipinski definition) is 0. The summed E-state index contributed by atoms with van der Waals surface area (Å²) < 4.78 is 45.9. The first-order valence-corrected chi connectivity index (χ1v) is 10.8. The molecule has 4 nitrogen and oxygen atoms in total. The molecule has 170 valence electrons. The maximum atomic E-state index is 13.3. The molecule has 3 aliphatic rings. The molecule has 2 aromatic rings. The predicted molar refractivity (Wildman–Crippen MR) is 116 cm³/mol. The van der Waals surface area contributed by atoms with Crippen molar-refractivity contribution in [2.75, 3.05) is 4.90 Å². The van der Waals surface area contributed by atoms with E-state index in [2.05, 4.69) is 12.1 Å². The topological polar surface area (TPSA) is 46.6 Å². The molecular formula is C26H22F3NO3. The summed E-state index contributed by atoms with van der Waals surface area (Å²) in [5, 5.41) is 0. The lowest BCUT2D eigenvalue weighted by molar-refractivity contribution is -0.137. The van der Waals surface area contributed by atoms with E-state index in [0.717, 1.165) is 18.6 Å². The van der Waals surface area contributed by atoms with E-state index in [1.807, 2.05) is 12.1 Å². The Labute approximate surface area is 189 Å². The van der Waals surface area contributed by atoms with Gasteiger partial charge in [0.05, 0.1) is 11.8 Å². The Balaban J connectivity index is 1.44. The molecule has 3 atom stereocenters. The molecule has 1 heterocycles. The summed E-state index contributed by atoms with van der Waals surface area (Å²) in [5.41, 5.74) is 3.01. The normalized spacial score (nSPS) is 25.5. The third-order valence-electron chi connectivity index (χ3n) is 6.71. The minimum Gasteiger partial charge on any atom is -0.474 e. The van der Waals surface area contributed by atoms with E-state index in [1.165, 1.54) is 28.4 Å². The highest BCUT2D eigenvalue weighted by molar-refractivity contribution is 6.08. The summed E-state index contributed by atoms with van der Waals surface area (Å²) in [6.45, 7) is 3.14. The van der Waals surface area contributed by atoms with Crippen LogP contribution in [0.5, 0.6) is 0 Å². The second kappa shape index (κ2) is 7.61. The molecule has 0 radical (unpaired) electrons. The van der Waals surface area contributed by atoms with Crippen molar-refractivity contribution in [2.45, 2.75) is 45.0 Å². The maximum Gasteiger partial charge on any atom is 0.416 e. The number of rotatable bonds is 3. The number of ketones is 1. The Morgan fingerprint density at radius 1 is 1.03 bits per heavy atom. The minimum atomic E-state index is -4.53. The highest BCUT2D eigenvalue weighted by atomic mass is 19.4. The van der Waals surface area contributed by atoms with Crippen molar-refractivity contribution in [3.05, 3.63) is 88.2 Å². The lowest BCUT2D eigenvalue weighted by atomic mass is 9.95. The Morgan fingerprint density at radius 3 is 2.55 bits per heavy atom. The first-order valence-electron chi connectivity index (χ1n) is 10.8. The van der Waals surface area contributed by atoms with Gasteiger partial charge in [-0.25, -0.2) is 0 Å². The number of carbonyl (C=O) groups excluding carboxylic acids is 2. The Bertz CT molecular complexity index is 1230. The van der Waals surface area contributed by atoms with Crippen LogP contribution >= 0.6 is 0 Å². The molecular weight excluding hydrogens is 431 g/mol. The van der Waals surface area contributed by atoms with Crippen LogP contribution in [0.3, 0.4) is 0 Å². The molecule has 0 N–H and O–H groups in total. The van der Waals surface area contributed by atoms with Crippen molar-refractivity contribution < 1.29 is 27.5 Å². The van der Waals surface area contributed by atoms with Crippen LogP contribution in [-0.2, 0) is 26.9 Å². The van der Waals surface area contributed by atoms with E-state index in [-0.39, 0.29) is 23.3 Å². The number of benzene rings is 2. The van der Waals surface area contributed by atoms with Crippen LogP contribution in [0.2, 0.25) is 0 Å². The number of Topliss-reactive ketones (excluding diaryl/α,β-unsaturated/α-hetero) is 1. The Morgan fingerprint density at radius 2 is 1.79 bits per heavy atom. The molecule has 0 saturated heterocycles. The van der Waals surface area contributed by atoms with Gasteiger partial charge in [0.1, 0.15) is 0 Å². The quantitative estimate of drug-likeness (QED) is 0.458. The zero-order valence-electron chi connectivity index (χ0n) is 18.1. The molecule has 0 spiro atoms. The number of carbonyl (C=O) groups is 2. The molecule has 5 rings (SSSR count). The predicted octanol–water partition coefficient (Wildman–Crippen LogP) is 5.46. The lowest BCUT2D eigenvalue weighted by Crippen LogP contribution is -2.35. The van der Waals surface area contributed by atoms with Crippen molar-refractivity contribution in [1.29, 1.82) is 0 Å². The van der Waals surface area contributed by atoms with E-state index < -0.39 is 23.9 Å². The van der Waals surface area contributed by atoms with Crippen LogP contribution < -0.4 is 4.90 Å². The van der Waals surface area contributed by atoms with Gasteiger partial charge < -0.3 is 4.74 Å². The first kappa shape index (κ1) is 21.5. The van der Waals surface area contributed by atoms with Gasteiger partial charge in [0, 0.05) is 29.2 Å². The van der Waals surface area contributed by atoms with Gasteiger partial charge in [-0.05, 0) is 67.2 Å². The van der Waals surface area contributed by atoms with Crippen LogP contribution in [-0.4, -0.2) is 17.9 Å². The maximum absolute atomic E-state index is 13.3. The number of alkyl halides is 3. The van der Waals surface area contributed by atoms with E-state index in [4.69, 9.17) is 4.74 Å². The highest BCUT2D eigenvalue weighted by Gasteiger charge is 2.44. The number of anilines is 1. The van der Waals surface area contributed by atoms with Crippen LogP contribution in [0, 0.1) is 12.8 Å². The van der Waals surface area contributed by atoms with Crippen molar-refractivity contribution >= 4 is 17.4 Å². The largest absolute Gasteiger partial charge is 0.474 e. The number of amides is 1. The Kier molecular flexibility index (Phi) is 4.96. The van der Waals surface area contributed by atoms with Crippen LogP contribution in [0.25, 0.3) is 0 Å². The Hall–Kier alpha value is -3.35. The van der Waals surface area contributed by atoms with Gasteiger partial charge >= 0.3 is 6.18 Å². The van der Waals surface area contributed by atoms with E-state index in [1.54, 1.807) is 19.9 Å². The zero-order chi connectivity index (χ0) is 23.5. The van der Waals surface area contributed by atoms with Crippen molar-refractivity contribution in [1.82, 2.24) is 0 Å². The third-order valence-corrected chi connectivity index (χ3v) is 6.71. The zero-order valence-corrected chi connectivity index (χ0v) is 18.1. The number of aryl methyl sites for hydroxylation is 1. The SMILES string of the molecule is CC1=CC(O/C=C2/C(=O)CC3c4ccccc4CC23)N(c2cc(C)cc(C(F)(F)F)c2)C1=O. The third kappa shape index (κ3) is 3.65. The van der Waals surface area contributed by atoms with E-state index >= 15 is 0 Å². The van der Waals surface area contributed by atoms with Gasteiger partial charge in [0.25, 0.3) is 5.91 Å². The van der Waals surface area contributed by atoms with Crippen LogP contribution in [0.1, 0.15) is 41.5 Å². The monoisotopic (exact) mass is 453 g/mol. The molecule has 1 saturated carbocycles. The second-order valence-electron chi connectivity index (χ2n) is 8.92. The minimum absolute atomic E-state index is 0.00555. The summed E-state index contributed by atoms with van der Waals surface area (Å²) in [5.74, 6) is -0.290. The average Bonchev–Trinajstić information content (AvgIpc) is 3.35. The molecule has 2 aromatic carbocycles. The van der Waals surface area contributed by atoms with Gasteiger partial charge in [-0.1, -0.05) is 24.3 Å². The molecule has 3 unspecified atom stereocenters. The van der Waals surface area contributed by atoms with Crippen molar-refractivity contribution in [3.63, 3.8) is 0 Å². The summed E-state index contributed by atoms with van der Waals surface area (Å²) in [6.07, 6.45) is -1.33. The standard InChI is InChI=1S/C26H22F3NO3/c1-14-7-17(26(27,28)29)11-18(8-14)30-24(9-15(2)25(30)32)33-13-22-20-10-16-5-3-4-6-19(16)21(20)12-23(22)31/h3-9,11,13,20-21,24H,10,12H2,1-2H3/b22-13+. The molecule has 33 heavy (non-hydrogen) atoms. The van der Waals surface area contributed by atoms with Crippen LogP contribution in [0.15, 0.2) is 65.9 Å². The van der Waals surface area contributed by atoms with Crippen molar-refractivity contribution in [2.24, 2.45) is 5.92 Å². The fourth-order valence-corrected chi connectivity index (χ4v) is 5.17. The van der Waals surface area contributed by atoms with Gasteiger partial charge in [-0.3, -0.25) is 14.5 Å². The van der Waals surface area contributed by atoms with Crippen molar-refractivity contribution in [3.8, 4) is 0 Å². The summed E-state index contributed by atoms with van der Waals surface area (Å²) in [7, 11) is 0. The number of hydrogen-bond acceptors (Lipinski definition) is 3. The molecule has 1 amide bonds. The molecule has 0 aromatic heterocycles. The number of fused-ring (bicyclic) bond motifs is 3. The van der Waals surface area contributed by atoms with E-state index in [9.17, 15) is 22.8 Å². The summed E-state index contributed by atoms with van der Waals surface area (Å²) in [4.78, 5) is 26.7. The number of allylic oxidation sites excluding steroid dienone is 1. The van der Waals surface area contributed by atoms with E-state index in [0.29, 0.717) is 23.1 Å². The number of ether oxygens (including phenoxy) is 1. The first-order chi connectivity index (χ1) is 15.6. The van der Waals surface area contributed by atoms with Gasteiger partial charge in [-0.15, -0.1) is 0 Å². The fourth-order valence-electron chi connectivity index (χ4n) is 5.17. The van der Waals surface area contributed by atoms with Gasteiger partial charge in [0.15, 0.2) is 12.0 Å². The van der Waals surface area contributed by atoms with Crippen LogP contribution in [0.4, 0.5) is 18.9 Å². The lowest BCUT2D eigenvalue weighted by Gasteiger charge is -2.26. The number of nitrogens with zero attached hydrogens (tertiary/aromatic N) is 1. The smallest absolute Gasteiger partial charge is 0.416 e. The average molecular weight is 453 g/mol. The number of halogens is 3. The summed E-state index contributed by atoms with van der Waals surface area (Å²) >= 11 is 0. The van der Waals surface area contributed by atoms with Gasteiger partial charge in [-0.2, -0.15) is 13.2 Å². The second-order valence-corrected chi connectivity index (χ2v) is 8.92. The van der Waals surface area contributed by atoms with Gasteiger partial charge in [0.2, 0.25) is 0 Å². The molecule has 2 aliphatic carbocycles. The molecule has 1 fully saturated rings. The summed E-state index contributed by atoms with van der Waals surface area (Å²) in [6, 6.07) is 11.6. The highest BCUT2D eigenvalue weighted by Crippen LogP contribution is 2.49. The molecule has 1 aliphatic heterocycles. The molecule has 7 heteroatoms.